The zero-order valence-electron chi connectivity index (χ0n) is 16.6. The van der Waals surface area contributed by atoms with Crippen molar-refractivity contribution in [1.29, 1.82) is 0 Å². The molecule has 0 aliphatic heterocycles. The molecule has 0 saturated heterocycles. The van der Waals surface area contributed by atoms with Crippen LogP contribution in [0.5, 0.6) is 5.75 Å². The number of aromatic nitrogens is 1. The number of nitrogens with zero attached hydrogens (tertiary/aromatic N) is 1. The van der Waals surface area contributed by atoms with Crippen LogP contribution in [0.1, 0.15) is 59.7 Å². The van der Waals surface area contributed by atoms with Gasteiger partial charge in [0.25, 0.3) is 0 Å². The summed E-state index contributed by atoms with van der Waals surface area (Å²) in [4.78, 5) is 4.39. The van der Waals surface area contributed by atoms with E-state index < -0.39 is 5.54 Å². The molecule has 0 fully saturated rings. The van der Waals surface area contributed by atoms with E-state index in [9.17, 15) is 0 Å². The molecule has 1 atom stereocenters. The van der Waals surface area contributed by atoms with E-state index in [2.05, 4.69) is 57.8 Å². The third-order valence-corrected chi connectivity index (χ3v) is 4.83. The van der Waals surface area contributed by atoms with Gasteiger partial charge in [-0.05, 0) is 69.4 Å². The summed E-state index contributed by atoms with van der Waals surface area (Å²) in [5.41, 5.74) is 13.3. The van der Waals surface area contributed by atoms with Gasteiger partial charge in [0.15, 0.2) is 0 Å². The molecule has 0 saturated carbocycles. The first-order valence-corrected chi connectivity index (χ1v) is 9.20. The number of hydrogen-bond acceptors (Lipinski definition) is 3. The number of hydrogen-bond donors (Lipinski definition) is 1. The van der Waals surface area contributed by atoms with Crippen molar-refractivity contribution < 1.29 is 4.74 Å². The van der Waals surface area contributed by atoms with Crippen molar-refractivity contribution >= 4 is 0 Å². The summed E-state index contributed by atoms with van der Waals surface area (Å²) >= 11 is 0. The van der Waals surface area contributed by atoms with Crippen LogP contribution in [-0.2, 0) is 5.54 Å². The molecular formula is C22H32N2O. The molecule has 3 heteroatoms. The van der Waals surface area contributed by atoms with Crippen LogP contribution in [0.4, 0.5) is 0 Å². The molecule has 0 amide bonds. The Morgan fingerprint density at radius 1 is 1.00 bits per heavy atom. The van der Waals surface area contributed by atoms with E-state index in [4.69, 9.17) is 10.5 Å². The Morgan fingerprint density at radius 3 is 2.24 bits per heavy atom. The fraction of sp³-hybridized carbons (Fsp3) is 0.500. The highest BCUT2D eigenvalue weighted by Gasteiger charge is 2.30. The smallest absolute Gasteiger partial charge is 0.125 e. The van der Waals surface area contributed by atoms with E-state index in [1.165, 1.54) is 5.56 Å². The molecule has 2 rings (SSSR count). The summed E-state index contributed by atoms with van der Waals surface area (Å²) in [6.45, 7) is 13.1. The SMILES string of the molecule is CCCCC(N)(COc1c(C)cc(C)cc1C)c1cc(C)ncc1C. The first kappa shape index (κ1) is 19.5. The second-order valence-electron chi connectivity index (χ2n) is 7.42. The van der Waals surface area contributed by atoms with Crippen LogP contribution in [0.15, 0.2) is 24.4 Å². The van der Waals surface area contributed by atoms with Gasteiger partial charge in [0.2, 0.25) is 0 Å². The molecular weight excluding hydrogens is 308 g/mol. The highest BCUT2D eigenvalue weighted by molar-refractivity contribution is 5.43. The van der Waals surface area contributed by atoms with Gasteiger partial charge in [0, 0.05) is 11.9 Å². The largest absolute Gasteiger partial charge is 0.491 e. The molecule has 0 bridgehead atoms. The number of ether oxygens (including phenoxy) is 1. The average Bonchev–Trinajstić information content (AvgIpc) is 2.54. The van der Waals surface area contributed by atoms with Gasteiger partial charge in [-0.2, -0.15) is 0 Å². The van der Waals surface area contributed by atoms with Gasteiger partial charge in [-0.3, -0.25) is 4.98 Å². The van der Waals surface area contributed by atoms with Gasteiger partial charge in [0.1, 0.15) is 12.4 Å². The number of pyridine rings is 1. The van der Waals surface area contributed by atoms with E-state index in [0.717, 1.165) is 53.0 Å². The Kier molecular flexibility index (Phi) is 6.23. The number of nitrogens with two attached hydrogens (primary N) is 1. The van der Waals surface area contributed by atoms with Crippen LogP contribution >= 0.6 is 0 Å². The summed E-state index contributed by atoms with van der Waals surface area (Å²) in [7, 11) is 0. The molecule has 0 aliphatic carbocycles. The van der Waals surface area contributed by atoms with Crippen molar-refractivity contribution in [3.63, 3.8) is 0 Å². The fourth-order valence-electron chi connectivity index (χ4n) is 3.54. The van der Waals surface area contributed by atoms with Gasteiger partial charge in [-0.25, -0.2) is 0 Å². The van der Waals surface area contributed by atoms with Gasteiger partial charge in [-0.15, -0.1) is 0 Å². The number of benzene rings is 1. The summed E-state index contributed by atoms with van der Waals surface area (Å²) in [6.07, 6.45) is 5.01. The first-order valence-electron chi connectivity index (χ1n) is 9.20. The van der Waals surface area contributed by atoms with Gasteiger partial charge >= 0.3 is 0 Å². The van der Waals surface area contributed by atoms with Crippen molar-refractivity contribution in [3.8, 4) is 5.75 Å². The quantitative estimate of drug-likeness (QED) is 0.767. The lowest BCUT2D eigenvalue weighted by molar-refractivity contribution is 0.202. The zero-order chi connectivity index (χ0) is 18.6. The molecule has 3 nitrogen and oxygen atoms in total. The highest BCUT2D eigenvalue weighted by atomic mass is 16.5. The molecule has 1 unspecified atom stereocenters. The normalized spacial score (nSPS) is 13.6. The average molecular weight is 341 g/mol. The van der Waals surface area contributed by atoms with Crippen LogP contribution in [0.2, 0.25) is 0 Å². The molecule has 0 aliphatic rings. The standard InChI is InChI=1S/C22H32N2O/c1-7-8-9-22(23,20-12-19(6)24-13-18(20)5)14-25-21-16(3)10-15(2)11-17(21)4/h10-13H,7-9,14,23H2,1-6H3. The first-order chi connectivity index (χ1) is 11.8. The Morgan fingerprint density at radius 2 is 1.64 bits per heavy atom. The minimum atomic E-state index is -0.502. The van der Waals surface area contributed by atoms with E-state index in [1.54, 1.807) is 0 Å². The minimum absolute atomic E-state index is 0.474. The van der Waals surface area contributed by atoms with Crippen molar-refractivity contribution in [3.05, 3.63) is 57.9 Å². The maximum atomic E-state index is 6.90. The van der Waals surface area contributed by atoms with Crippen molar-refractivity contribution in [2.24, 2.45) is 5.73 Å². The Balaban J connectivity index is 2.33. The number of unbranched alkanes of at least 4 members (excludes halogenated alkanes) is 1. The monoisotopic (exact) mass is 340 g/mol. The lowest BCUT2D eigenvalue weighted by atomic mass is 9.84. The topological polar surface area (TPSA) is 48.1 Å². The second kappa shape index (κ2) is 8.01. The summed E-state index contributed by atoms with van der Waals surface area (Å²) in [5.74, 6) is 0.959. The predicted octanol–water partition coefficient (Wildman–Crippen LogP) is 5.05. The molecule has 1 aromatic heterocycles. The van der Waals surface area contributed by atoms with Gasteiger partial charge in [-0.1, -0.05) is 37.5 Å². The fourth-order valence-corrected chi connectivity index (χ4v) is 3.54. The number of rotatable bonds is 7. The van der Waals surface area contributed by atoms with E-state index in [-0.39, 0.29) is 0 Å². The van der Waals surface area contributed by atoms with Crippen LogP contribution in [0.25, 0.3) is 0 Å². The van der Waals surface area contributed by atoms with Crippen LogP contribution in [-0.4, -0.2) is 11.6 Å². The van der Waals surface area contributed by atoms with E-state index >= 15 is 0 Å². The summed E-state index contributed by atoms with van der Waals surface area (Å²) in [6, 6.07) is 6.44. The lowest BCUT2D eigenvalue weighted by Crippen LogP contribution is -2.43. The van der Waals surface area contributed by atoms with E-state index in [0.29, 0.717) is 6.61 Å². The van der Waals surface area contributed by atoms with E-state index in [1.807, 2.05) is 13.1 Å². The Labute approximate surface area is 152 Å². The van der Waals surface area contributed by atoms with Crippen LogP contribution < -0.4 is 10.5 Å². The lowest BCUT2D eigenvalue weighted by Gasteiger charge is -2.32. The maximum absolute atomic E-state index is 6.90. The second-order valence-corrected chi connectivity index (χ2v) is 7.42. The Hall–Kier alpha value is -1.87. The Bertz CT molecular complexity index is 716. The highest BCUT2D eigenvalue weighted by Crippen LogP contribution is 2.31. The zero-order valence-corrected chi connectivity index (χ0v) is 16.6. The molecule has 136 valence electrons. The maximum Gasteiger partial charge on any atom is 0.125 e. The molecule has 0 radical (unpaired) electrons. The van der Waals surface area contributed by atoms with Gasteiger partial charge < -0.3 is 10.5 Å². The molecule has 2 N–H and O–H groups in total. The number of aryl methyl sites for hydroxylation is 5. The minimum Gasteiger partial charge on any atom is -0.491 e. The molecule has 0 spiro atoms. The summed E-state index contributed by atoms with van der Waals surface area (Å²) in [5, 5.41) is 0. The summed E-state index contributed by atoms with van der Waals surface area (Å²) < 4.78 is 6.29. The van der Waals surface area contributed by atoms with Crippen molar-refractivity contribution in [2.45, 2.75) is 66.3 Å². The molecule has 1 heterocycles. The van der Waals surface area contributed by atoms with Crippen molar-refractivity contribution in [2.75, 3.05) is 6.61 Å². The van der Waals surface area contributed by atoms with Crippen LogP contribution in [0.3, 0.4) is 0 Å². The van der Waals surface area contributed by atoms with Crippen LogP contribution in [0, 0.1) is 34.6 Å². The van der Waals surface area contributed by atoms with Gasteiger partial charge in [0.05, 0.1) is 5.54 Å². The third kappa shape index (κ3) is 4.60. The molecule has 25 heavy (non-hydrogen) atoms. The van der Waals surface area contributed by atoms with Crippen molar-refractivity contribution in [1.82, 2.24) is 4.98 Å². The molecule has 2 aromatic rings. The predicted molar refractivity (Wildman–Crippen MR) is 105 cm³/mol. The molecule has 1 aromatic carbocycles. The third-order valence-electron chi connectivity index (χ3n) is 4.83.